The molecule has 0 spiro atoms. The predicted molar refractivity (Wildman–Crippen MR) is 112 cm³/mol. The minimum Gasteiger partial charge on any atom is -0.466 e. The van der Waals surface area contributed by atoms with E-state index in [0.717, 1.165) is 24.4 Å². The van der Waals surface area contributed by atoms with Crippen molar-refractivity contribution in [3.8, 4) is 0 Å². The molecule has 0 aliphatic rings. The van der Waals surface area contributed by atoms with Crippen molar-refractivity contribution in [3.63, 3.8) is 0 Å². The van der Waals surface area contributed by atoms with E-state index in [0.29, 0.717) is 27.7 Å². The molecule has 5 nitrogen and oxygen atoms in total. The second-order valence-corrected chi connectivity index (χ2v) is 7.58. The van der Waals surface area contributed by atoms with Crippen molar-refractivity contribution in [2.75, 3.05) is 6.61 Å². The van der Waals surface area contributed by atoms with Gasteiger partial charge in [-0.05, 0) is 63.9 Å². The second kappa shape index (κ2) is 8.70. The molecule has 0 saturated heterocycles. The Morgan fingerprint density at radius 2 is 1.72 bits per heavy atom. The molecule has 0 atom stereocenters. The Morgan fingerprint density at radius 1 is 1.03 bits per heavy atom. The highest BCUT2D eigenvalue weighted by molar-refractivity contribution is 6.30. The molecule has 2 aromatic heterocycles. The summed E-state index contributed by atoms with van der Waals surface area (Å²) >= 11 is 5.93. The fourth-order valence-corrected chi connectivity index (χ4v) is 3.57. The van der Waals surface area contributed by atoms with Gasteiger partial charge in [0.1, 0.15) is 17.1 Å². The molecule has 0 saturated carbocycles. The van der Waals surface area contributed by atoms with Gasteiger partial charge >= 0.3 is 5.97 Å². The van der Waals surface area contributed by atoms with Gasteiger partial charge in [-0.2, -0.15) is 0 Å². The van der Waals surface area contributed by atoms with Crippen molar-refractivity contribution in [1.29, 1.82) is 0 Å². The van der Waals surface area contributed by atoms with Crippen LogP contribution in [0.15, 0.2) is 40.8 Å². The van der Waals surface area contributed by atoms with Crippen LogP contribution < -0.4 is 0 Å². The van der Waals surface area contributed by atoms with Crippen molar-refractivity contribution in [1.82, 2.24) is 4.57 Å². The van der Waals surface area contributed by atoms with E-state index in [1.54, 1.807) is 19.9 Å². The smallest absolute Gasteiger partial charge is 0.342 e. The quantitative estimate of drug-likeness (QED) is 0.392. The summed E-state index contributed by atoms with van der Waals surface area (Å²) in [5.41, 5.74) is 3.96. The SMILES string of the molecule is Cc1cc(C(=O)OCC(=O)c2cc(C)n(CCc3ccc(Cl)cc3)c2C)c(C)o1. The number of hydrogen-bond donors (Lipinski definition) is 0. The molecule has 0 amide bonds. The van der Waals surface area contributed by atoms with Gasteiger partial charge in [0.25, 0.3) is 0 Å². The Morgan fingerprint density at radius 3 is 2.34 bits per heavy atom. The van der Waals surface area contributed by atoms with Crippen molar-refractivity contribution in [2.24, 2.45) is 0 Å². The molecule has 29 heavy (non-hydrogen) atoms. The molecule has 0 N–H and O–H groups in total. The van der Waals surface area contributed by atoms with Gasteiger partial charge in [-0.1, -0.05) is 23.7 Å². The first kappa shape index (κ1) is 20.9. The Kier molecular flexibility index (Phi) is 6.28. The second-order valence-electron chi connectivity index (χ2n) is 7.14. The summed E-state index contributed by atoms with van der Waals surface area (Å²) in [6, 6.07) is 11.2. The summed E-state index contributed by atoms with van der Waals surface area (Å²) < 4.78 is 12.7. The van der Waals surface area contributed by atoms with E-state index in [-0.39, 0.29) is 12.4 Å². The van der Waals surface area contributed by atoms with Crippen LogP contribution >= 0.6 is 11.6 Å². The molecule has 0 unspecified atom stereocenters. The predicted octanol–water partition coefficient (Wildman–Crippen LogP) is 5.25. The van der Waals surface area contributed by atoms with Gasteiger partial charge in [0.15, 0.2) is 6.61 Å². The highest BCUT2D eigenvalue weighted by Crippen LogP contribution is 2.19. The number of aryl methyl sites for hydroxylation is 4. The lowest BCUT2D eigenvalue weighted by Crippen LogP contribution is -2.15. The van der Waals surface area contributed by atoms with Gasteiger partial charge < -0.3 is 13.7 Å². The molecule has 3 rings (SSSR count). The lowest BCUT2D eigenvalue weighted by Gasteiger charge is -2.10. The zero-order valence-electron chi connectivity index (χ0n) is 17.0. The van der Waals surface area contributed by atoms with E-state index >= 15 is 0 Å². The number of esters is 1. The van der Waals surface area contributed by atoms with Gasteiger partial charge in [-0.15, -0.1) is 0 Å². The number of benzene rings is 1. The third kappa shape index (κ3) is 4.80. The lowest BCUT2D eigenvalue weighted by molar-refractivity contribution is 0.0472. The first-order chi connectivity index (χ1) is 13.8. The molecular weight excluding hydrogens is 390 g/mol. The van der Waals surface area contributed by atoms with Gasteiger partial charge in [-0.25, -0.2) is 4.79 Å². The topological polar surface area (TPSA) is 61.4 Å². The van der Waals surface area contributed by atoms with Gasteiger partial charge in [0.2, 0.25) is 5.78 Å². The number of carbonyl (C=O) groups excluding carboxylic acids is 2. The maximum Gasteiger partial charge on any atom is 0.342 e. The van der Waals surface area contributed by atoms with Gasteiger partial charge in [-0.3, -0.25) is 4.79 Å². The summed E-state index contributed by atoms with van der Waals surface area (Å²) in [5, 5.41) is 0.713. The summed E-state index contributed by atoms with van der Waals surface area (Å²) in [4.78, 5) is 24.8. The summed E-state index contributed by atoms with van der Waals surface area (Å²) in [6.45, 7) is 7.78. The fraction of sp³-hybridized carbons (Fsp3) is 0.304. The zero-order chi connectivity index (χ0) is 21.1. The summed E-state index contributed by atoms with van der Waals surface area (Å²) in [6.07, 6.45) is 0.829. The summed E-state index contributed by atoms with van der Waals surface area (Å²) in [5.74, 6) is 0.344. The largest absolute Gasteiger partial charge is 0.466 e. The highest BCUT2D eigenvalue weighted by Gasteiger charge is 2.20. The summed E-state index contributed by atoms with van der Waals surface area (Å²) in [7, 11) is 0. The van der Waals surface area contributed by atoms with Crippen molar-refractivity contribution < 1.29 is 18.7 Å². The number of nitrogens with zero attached hydrogens (tertiary/aromatic N) is 1. The van der Waals surface area contributed by atoms with Crippen LogP contribution in [0.1, 0.15) is 49.2 Å². The molecule has 0 bridgehead atoms. The number of aromatic nitrogens is 1. The van der Waals surface area contributed by atoms with Crippen LogP contribution in [0.4, 0.5) is 0 Å². The normalized spacial score (nSPS) is 10.9. The van der Waals surface area contributed by atoms with Crippen LogP contribution in [0, 0.1) is 27.7 Å². The Bertz CT molecular complexity index is 1040. The Balaban J connectivity index is 1.65. The fourth-order valence-electron chi connectivity index (χ4n) is 3.44. The van der Waals surface area contributed by atoms with Crippen LogP contribution in [0.25, 0.3) is 0 Å². The van der Waals surface area contributed by atoms with E-state index in [9.17, 15) is 9.59 Å². The van der Waals surface area contributed by atoms with E-state index in [1.165, 1.54) is 5.56 Å². The average molecular weight is 414 g/mol. The molecule has 152 valence electrons. The number of furan rings is 1. The molecule has 1 aromatic carbocycles. The van der Waals surface area contributed by atoms with E-state index in [1.807, 2.05) is 44.2 Å². The number of Topliss-reactive ketones (excluding diaryl/α,β-unsaturated/α-hetero) is 1. The van der Waals surface area contributed by atoms with Gasteiger partial charge in [0.05, 0.1) is 0 Å². The van der Waals surface area contributed by atoms with Crippen molar-refractivity contribution >= 4 is 23.4 Å². The molecule has 0 radical (unpaired) electrons. The van der Waals surface area contributed by atoms with Crippen LogP contribution in [0.3, 0.4) is 0 Å². The first-order valence-electron chi connectivity index (χ1n) is 9.44. The standard InChI is InChI=1S/C23H24ClNO4/c1-14-11-20(16(3)25(14)10-9-18-5-7-19(24)8-6-18)22(26)13-28-23(27)21-12-15(2)29-17(21)4/h5-8,11-12H,9-10,13H2,1-4H3. The third-order valence-electron chi connectivity index (χ3n) is 5.01. The zero-order valence-corrected chi connectivity index (χ0v) is 17.8. The molecule has 0 aliphatic carbocycles. The molecule has 6 heteroatoms. The highest BCUT2D eigenvalue weighted by atomic mass is 35.5. The van der Waals surface area contributed by atoms with Crippen LogP contribution in [0.5, 0.6) is 0 Å². The molecular formula is C23H24ClNO4. The number of hydrogen-bond acceptors (Lipinski definition) is 4. The maximum absolute atomic E-state index is 12.6. The number of halogens is 1. The Hall–Kier alpha value is -2.79. The van der Waals surface area contributed by atoms with Crippen LogP contribution in [0.2, 0.25) is 5.02 Å². The number of rotatable bonds is 7. The minimum absolute atomic E-state index is 0.220. The maximum atomic E-state index is 12.6. The molecule has 3 aromatic rings. The van der Waals surface area contributed by atoms with Gasteiger partial charge in [0, 0.05) is 28.5 Å². The molecule has 0 fully saturated rings. The van der Waals surface area contributed by atoms with Crippen molar-refractivity contribution in [3.05, 3.63) is 81.0 Å². The number of ketones is 1. The number of ether oxygens (including phenoxy) is 1. The van der Waals surface area contributed by atoms with Crippen molar-refractivity contribution in [2.45, 2.75) is 40.7 Å². The number of carbonyl (C=O) groups is 2. The lowest BCUT2D eigenvalue weighted by atomic mass is 10.1. The third-order valence-corrected chi connectivity index (χ3v) is 5.26. The molecule has 2 heterocycles. The average Bonchev–Trinajstić information content (AvgIpc) is 3.17. The molecule has 0 aliphatic heterocycles. The van der Waals surface area contributed by atoms with Crippen LogP contribution in [-0.2, 0) is 17.7 Å². The first-order valence-corrected chi connectivity index (χ1v) is 9.82. The monoisotopic (exact) mass is 413 g/mol. The van der Waals surface area contributed by atoms with E-state index < -0.39 is 5.97 Å². The minimum atomic E-state index is -0.552. The van der Waals surface area contributed by atoms with E-state index in [2.05, 4.69) is 4.57 Å². The van der Waals surface area contributed by atoms with E-state index in [4.69, 9.17) is 20.8 Å². The Labute approximate surface area is 175 Å². The van der Waals surface area contributed by atoms with Crippen LogP contribution in [-0.4, -0.2) is 22.9 Å².